The smallest absolute Gasteiger partial charge is 0.354 e. The van der Waals surface area contributed by atoms with Crippen molar-refractivity contribution in [3.05, 3.63) is 210 Å². The van der Waals surface area contributed by atoms with Crippen LogP contribution in [0.1, 0.15) is 61.8 Å². The maximum absolute atomic E-state index is 10.7. The first-order chi connectivity index (χ1) is 31.4. The van der Waals surface area contributed by atoms with Crippen molar-refractivity contribution in [1.82, 2.24) is 9.97 Å². The Balaban J connectivity index is 0.000000119. The van der Waals surface area contributed by atoms with E-state index in [0.717, 1.165) is 10.3 Å². The Morgan fingerprint density at radius 1 is 0.431 bits per heavy atom. The van der Waals surface area contributed by atoms with Crippen LogP contribution in [0.4, 0.5) is 5.69 Å². The molecule has 0 spiro atoms. The highest BCUT2D eigenvalue weighted by Crippen LogP contribution is 2.38. The van der Waals surface area contributed by atoms with Crippen molar-refractivity contribution in [3.63, 3.8) is 0 Å². The molecule has 0 radical (unpaired) electrons. The first kappa shape index (κ1) is 44.6. The number of nitrogens with one attached hydrogen (secondary N) is 2. The third kappa shape index (κ3) is 9.88. The highest BCUT2D eigenvalue weighted by Gasteiger charge is 2.16. The molecule has 0 saturated heterocycles. The van der Waals surface area contributed by atoms with Crippen LogP contribution >= 0.6 is 0 Å². The molecule has 0 atom stereocenters. The van der Waals surface area contributed by atoms with Crippen LogP contribution in [0.25, 0.3) is 76.6 Å². The van der Waals surface area contributed by atoms with E-state index in [1.54, 1.807) is 12.1 Å². The van der Waals surface area contributed by atoms with Crippen molar-refractivity contribution in [3.8, 4) is 22.5 Å². The van der Waals surface area contributed by atoms with E-state index in [2.05, 4.69) is 189 Å². The molecule has 0 bridgehead atoms. The molecule has 65 heavy (non-hydrogen) atoms. The molecule has 9 aromatic carbocycles. The van der Waals surface area contributed by atoms with E-state index >= 15 is 0 Å². The van der Waals surface area contributed by atoms with Crippen LogP contribution in [0.2, 0.25) is 0 Å². The normalized spacial score (nSPS) is 11.5. The summed E-state index contributed by atoms with van der Waals surface area (Å²) in [5.41, 5.74) is 12.9. The maximum atomic E-state index is 10.7. The summed E-state index contributed by atoms with van der Waals surface area (Å²) < 4.78 is 30.9. The third-order valence-electron chi connectivity index (χ3n) is 12.1. The average molecular weight is 875 g/mol. The number of aromatic amines is 2. The summed E-state index contributed by atoms with van der Waals surface area (Å²) in [6, 6.07) is 65.0. The summed E-state index contributed by atoms with van der Waals surface area (Å²) in [6.45, 7) is 12.8. The number of quaternary nitrogens is 1. The summed E-state index contributed by atoms with van der Waals surface area (Å²) in [5.74, 6) is 0.786. The van der Waals surface area contributed by atoms with Gasteiger partial charge in [-0.3, -0.25) is 0 Å². The van der Waals surface area contributed by atoms with Crippen LogP contribution in [0.3, 0.4) is 0 Å². The quantitative estimate of drug-likeness (QED) is 0.0760. The van der Waals surface area contributed by atoms with Crippen molar-refractivity contribution in [2.75, 3.05) is 0 Å². The molecule has 0 saturated carbocycles. The van der Waals surface area contributed by atoms with Gasteiger partial charge < -0.3 is 9.97 Å². The monoisotopic (exact) mass is 874 g/mol. The van der Waals surface area contributed by atoms with E-state index in [4.69, 9.17) is 4.55 Å². The number of benzene rings is 9. The number of para-hydroxylation sites is 2. The Labute approximate surface area is 382 Å². The number of aryl methyl sites for hydroxylation is 2. The zero-order valence-electron chi connectivity index (χ0n) is 37.8. The lowest BCUT2D eigenvalue weighted by molar-refractivity contribution is -0.407. The molecule has 0 amide bonds. The summed E-state index contributed by atoms with van der Waals surface area (Å²) in [4.78, 5) is 6.96. The third-order valence-corrected chi connectivity index (χ3v) is 12.7. The van der Waals surface area contributed by atoms with E-state index in [0.29, 0.717) is 11.6 Å². The van der Waals surface area contributed by atoms with Gasteiger partial charge in [0.25, 0.3) is 0 Å². The minimum absolute atomic E-state index is 0.226. The molecule has 11 aromatic rings. The summed E-state index contributed by atoms with van der Waals surface area (Å²) in [5, 5.41) is 10.9. The molecule has 0 aliphatic carbocycles. The summed E-state index contributed by atoms with van der Waals surface area (Å²) in [7, 11) is -4.06. The lowest BCUT2D eigenvalue weighted by Gasteiger charge is -2.15. The molecule has 326 valence electrons. The second-order valence-electron chi connectivity index (χ2n) is 17.2. The van der Waals surface area contributed by atoms with Crippen LogP contribution in [0.15, 0.2) is 188 Å². The predicted octanol–water partition coefficient (Wildman–Crippen LogP) is 14.8. The van der Waals surface area contributed by atoms with Gasteiger partial charge in [0.2, 0.25) is 0 Å². The van der Waals surface area contributed by atoms with Gasteiger partial charge in [-0.25, -0.2) is 4.55 Å². The minimum Gasteiger partial charge on any atom is -0.354 e. The van der Waals surface area contributed by atoms with Gasteiger partial charge in [0.1, 0.15) is 5.69 Å². The van der Waals surface area contributed by atoms with Crippen molar-refractivity contribution in [2.45, 2.75) is 53.4 Å². The SMILES string of the molecule is CC(C)c1ccc2ccc3cccc4ccc1c2c34.CC(C)c1ccccc1[NH2+]S(=O)(=O)O.Cc1c(-c2ccccc2)[nH]c2ccccc12.Cc1c(-c2ccccc2)[nH]c2ccccc12. The van der Waals surface area contributed by atoms with E-state index in [9.17, 15) is 8.42 Å². The minimum atomic E-state index is -4.06. The van der Waals surface area contributed by atoms with Gasteiger partial charge in [-0.1, -0.05) is 198 Å². The Bertz CT molecular complexity index is 3330. The predicted molar refractivity (Wildman–Crippen MR) is 275 cm³/mol. The highest BCUT2D eigenvalue weighted by molar-refractivity contribution is 7.79. The van der Waals surface area contributed by atoms with Crippen molar-refractivity contribution in [2.24, 2.45) is 0 Å². The standard InChI is InChI=1S/C19H16.2C15H13N.C9H13NO3S/c1-12(2)16-10-8-15-7-6-13-4-3-5-14-9-11-17(16)19(15)18(13)14;2*1-11-13-9-5-6-10-14(13)16-15(11)12-7-3-2-4-8-12;1-7(2)8-5-3-4-6-9(8)10-14(11,12)13/h3-12H,1-2H3;2*2-10,16H,1H3;3-7,10H,1-2H3,(H,11,12,13)/p+1. The van der Waals surface area contributed by atoms with Gasteiger partial charge in [-0.2, -0.15) is 4.72 Å². The van der Waals surface area contributed by atoms with E-state index in [-0.39, 0.29) is 5.92 Å². The van der Waals surface area contributed by atoms with Crippen LogP contribution in [-0.4, -0.2) is 22.9 Å². The van der Waals surface area contributed by atoms with E-state index < -0.39 is 10.3 Å². The molecule has 0 unspecified atom stereocenters. The largest absolute Gasteiger partial charge is 0.434 e. The number of aromatic nitrogens is 2. The molecule has 11 rings (SSSR count). The Morgan fingerprint density at radius 2 is 0.862 bits per heavy atom. The molecule has 0 aliphatic heterocycles. The number of fused-ring (bicyclic) bond motifs is 2. The first-order valence-corrected chi connectivity index (χ1v) is 23.7. The fourth-order valence-electron chi connectivity index (χ4n) is 8.92. The Hall–Kier alpha value is -7.03. The number of rotatable bonds is 6. The van der Waals surface area contributed by atoms with E-state index in [1.165, 1.54) is 93.3 Å². The fraction of sp³-hybridized carbons (Fsp3) is 0.138. The van der Waals surface area contributed by atoms with Crippen LogP contribution in [0, 0.1) is 13.8 Å². The van der Waals surface area contributed by atoms with Crippen molar-refractivity contribution >= 4 is 70.1 Å². The van der Waals surface area contributed by atoms with Gasteiger partial charge in [0.15, 0.2) is 0 Å². The Kier molecular flexibility index (Phi) is 13.3. The van der Waals surface area contributed by atoms with Gasteiger partial charge >= 0.3 is 10.3 Å². The van der Waals surface area contributed by atoms with E-state index in [1.807, 2.05) is 38.1 Å². The lowest BCUT2D eigenvalue weighted by Crippen LogP contribution is -2.81. The van der Waals surface area contributed by atoms with Crippen LogP contribution in [-0.2, 0) is 10.3 Å². The van der Waals surface area contributed by atoms with Gasteiger partial charge in [0, 0.05) is 44.8 Å². The van der Waals surface area contributed by atoms with Crippen molar-refractivity contribution < 1.29 is 17.7 Å². The molecule has 0 aliphatic rings. The maximum Gasteiger partial charge on any atom is 0.434 e. The molecular formula is C58H56N3O3S+. The number of hydrogen-bond donors (Lipinski definition) is 4. The van der Waals surface area contributed by atoms with Crippen LogP contribution in [0.5, 0.6) is 0 Å². The molecule has 0 fully saturated rings. The Morgan fingerprint density at radius 3 is 1.35 bits per heavy atom. The average Bonchev–Trinajstić information content (AvgIpc) is 3.84. The van der Waals surface area contributed by atoms with Gasteiger partial charge in [0.05, 0.1) is 0 Å². The second-order valence-corrected chi connectivity index (χ2v) is 18.4. The number of H-pyrrole nitrogens is 2. The molecule has 2 heterocycles. The van der Waals surface area contributed by atoms with Gasteiger partial charge in [-0.15, -0.1) is 8.42 Å². The molecular weight excluding hydrogens is 819 g/mol. The van der Waals surface area contributed by atoms with Gasteiger partial charge in [-0.05, 0) is 98.0 Å². The van der Waals surface area contributed by atoms with Crippen LogP contribution < -0.4 is 4.72 Å². The molecule has 7 heteroatoms. The number of hydrogen-bond acceptors (Lipinski definition) is 2. The number of nitrogens with two attached hydrogens (primary N) is 1. The topological polar surface area (TPSA) is 103 Å². The second kappa shape index (κ2) is 19.4. The zero-order valence-corrected chi connectivity index (χ0v) is 38.6. The fourth-order valence-corrected chi connectivity index (χ4v) is 9.45. The molecule has 5 N–H and O–H groups in total. The highest BCUT2D eigenvalue weighted by atomic mass is 32.2. The summed E-state index contributed by atoms with van der Waals surface area (Å²) >= 11 is 0. The summed E-state index contributed by atoms with van der Waals surface area (Å²) in [6.07, 6.45) is 0. The zero-order chi connectivity index (χ0) is 45.7. The molecule has 2 aromatic heterocycles. The molecule has 6 nitrogen and oxygen atoms in total. The lowest BCUT2D eigenvalue weighted by atomic mass is 9.89. The first-order valence-electron chi connectivity index (χ1n) is 22.2. The van der Waals surface area contributed by atoms with Crippen molar-refractivity contribution in [1.29, 1.82) is 0 Å².